The van der Waals surface area contributed by atoms with Crippen molar-refractivity contribution in [1.29, 1.82) is 0 Å². The monoisotopic (exact) mass is 1320 g/mol. The zero-order valence-electron chi connectivity index (χ0n) is 11.4. The molecular weight excluding hydrogens is 1320 g/mol. The van der Waals surface area contributed by atoms with Crippen LogP contribution in [0.1, 0.15) is 0 Å². The molecule has 0 atom stereocenters. The van der Waals surface area contributed by atoms with Crippen LogP contribution in [0.15, 0.2) is 0 Å². The Morgan fingerprint density at radius 1 is 0.417 bits per heavy atom. The predicted molar refractivity (Wildman–Crippen MR) is 175 cm³/mol. The van der Waals surface area contributed by atoms with Gasteiger partial charge in [0.25, 0.3) is 0 Å². The smallest absolute Gasteiger partial charge is 0.0429 e. The molecule has 0 aliphatic rings. The van der Waals surface area contributed by atoms with Crippen molar-refractivity contribution in [2.45, 2.75) is 0 Å². The average molecular weight is 1320 g/mol. The maximum atomic E-state index is 3.68. The quantitative estimate of drug-likeness (QED) is 0.0824. The van der Waals surface area contributed by atoms with E-state index in [9.17, 15) is 0 Å². The van der Waals surface area contributed by atoms with Crippen LogP contribution in [0.3, 0.4) is 0 Å². The Kier molecular flexibility index (Phi) is 11.0. The largest absolute Gasteiger partial charge is 1.00 e. The summed E-state index contributed by atoms with van der Waals surface area (Å²) in [6.07, 6.45) is 0. The van der Waals surface area contributed by atoms with E-state index in [2.05, 4.69) is 209 Å². The zero-order valence-corrected chi connectivity index (χ0v) is 30.8. The first kappa shape index (κ1) is 25.6. The van der Waals surface area contributed by atoms with Crippen LogP contribution in [-0.2, 0) is 0 Å². The van der Waals surface area contributed by atoms with Crippen molar-refractivity contribution in [2.24, 2.45) is 0 Å². The fraction of sp³-hybridized carbons (Fsp3) is 0. The predicted octanol–water partition coefficient (Wildman–Crippen LogP) is 6.24. The van der Waals surface area contributed by atoms with Crippen molar-refractivity contribution in [3.8, 4) is 0 Å². The van der Waals surface area contributed by atoms with Gasteiger partial charge < -0.3 is 0 Å². The van der Waals surface area contributed by atoms with Crippen LogP contribution in [0.25, 0.3) is 21.5 Å². The molecule has 0 saturated carbocycles. The molecule has 0 aliphatic heterocycles. The summed E-state index contributed by atoms with van der Waals surface area (Å²) in [4.78, 5) is 0. The number of benzene rings is 3. The van der Waals surface area contributed by atoms with Gasteiger partial charge in [-0.1, -0.05) is 0 Å². The summed E-state index contributed by atoms with van der Waals surface area (Å²) in [5, 5.41) is 5.34. The van der Waals surface area contributed by atoms with Gasteiger partial charge in [0.05, 0.1) is 0 Å². The molecule has 3 aromatic carbocycles. The van der Waals surface area contributed by atoms with E-state index in [1.807, 2.05) is 0 Å². The first-order valence-electron chi connectivity index (χ1n) is 5.70. The maximum absolute atomic E-state index is 3.68. The van der Waals surface area contributed by atoms with Crippen LogP contribution in [0.4, 0.5) is 0 Å². The van der Waals surface area contributed by atoms with E-state index in [4.69, 9.17) is 0 Å². The molecule has 0 nitrogen and oxygen atoms in total. The summed E-state index contributed by atoms with van der Waals surface area (Å²) in [5.41, 5.74) is 0. The number of fused-ring (bicyclic) bond motifs is 3. The number of halogens is 9. The molecule has 119 valence electrons. The molecule has 0 unspecified atom stereocenters. The van der Waals surface area contributed by atoms with E-state index in [1.54, 1.807) is 0 Å². The average Bonchev–Trinajstić information content (AvgIpc) is 2.53. The van der Waals surface area contributed by atoms with Crippen molar-refractivity contribution in [1.82, 2.24) is 0 Å². The second-order valence-electron chi connectivity index (χ2n) is 4.45. The summed E-state index contributed by atoms with van der Waals surface area (Å²) >= 11 is 22.3. The molecule has 24 heavy (non-hydrogen) atoms. The van der Waals surface area contributed by atoms with Gasteiger partial charge in [-0.2, -0.15) is 0 Å². The van der Waals surface area contributed by atoms with Gasteiger partial charge in [0.2, 0.25) is 0 Å². The minimum atomic E-state index is 0. The first-order valence-corrected chi connectivity index (χ1v) is 15.4. The van der Waals surface area contributed by atoms with E-state index >= 15 is 0 Å². The SMILES string of the molecule is Ic1c(I)c(I)c2c([c]c(I)c3c(I)c(I)c(I)c(I)c32)c1I.[Li+]. The molecule has 0 aromatic heterocycles. The Labute approximate surface area is 274 Å². The molecule has 0 spiro atoms. The summed E-state index contributed by atoms with van der Waals surface area (Å²) < 4.78 is 11.9. The second-order valence-corrected chi connectivity index (χ2v) is 14.2. The standard InChI is InChI=1S/C14I9.Li/c15-3-1-2-4(8(17)12(21)11(20)7(2)16)6-5(3)9(18)13(22)14(23)10(6)19;/q;+1. The third-order valence-corrected chi connectivity index (χ3v) is 18.9. The van der Waals surface area contributed by atoms with Gasteiger partial charge in [0.15, 0.2) is 0 Å². The van der Waals surface area contributed by atoms with Crippen LogP contribution >= 0.6 is 203 Å². The van der Waals surface area contributed by atoms with Crippen molar-refractivity contribution < 1.29 is 18.9 Å². The van der Waals surface area contributed by atoms with Gasteiger partial charge >= 0.3 is 18.9 Å². The fourth-order valence-corrected chi connectivity index (χ4v) is 10.9. The van der Waals surface area contributed by atoms with Crippen molar-refractivity contribution in [3.63, 3.8) is 0 Å². The zero-order chi connectivity index (χ0) is 17.2. The first-order chi connectivity index (χ1) is 10.7. The second kappa shape index (κ2) is 10.3. The Morgan fingerprint density at radius 2 is 0.792 bits per heavy atom. The van der Waals surface area contributed by atoms with Crippen molar-refractivity contribution in [2.75, 3.05) is 0 Å². The Bertz CT molecular complexity index is 1010. The van der Waals surface area contributed by atoms with Crippen LogP contribution in [0.2, 0.25) is 0 Å². The summed E-state index contributed by atoms with van der Waals surface area (Å²) in [6, 6.07) is 3.68. The molecule has 3 aromatic rings. The summed E-state index contributed by atoms with van der Waals surface area (Å²) in [5.74, 6) is 0. The molecular formula is C14I9Li+. The van der Waals surface area contributed by atoms with E-state index in [0.29, 0.717) is 0 Å². The number of hydrogen-bond acceptors (Lipinski definition) is 0. The van der Waals surface area contributed by atoms with Gasteiger partial charge in [-0.05, 0) is 203 Å². The molecule has 0 N–H and O–H groups in total. The molecule has 0 aliphatic carbocycles. The molecule has 10 heteroatoms. The van der Waals surface area contributed by atoms with Crippen molar-refractivity contribution >= 4 is 225 Å². The molecule has 0 heterocycles. The van der Waals surface area contributed by atoms with E-state index in [-0.39, 0.29) is 18.9 Å². The van der Waals surface area contributed by atoms with E-state index in [1.165, 1.54) is 53.7 Å². The van der Waals surface area contributed by atoms with Crippen molar-refractivity contribution in [3.05, 3.63) is 38.2 Å². The fourth-order valence-electron chi connectivity index (χ4n) is 2.23. The Balaban J connectivity index is 0.00000208. The van der Waals surface area contributed by atoms with E-state index < -0.39 is 0 Å². The third-order valence-electron chi connectivity index (χ3n) is 3.24. The summed E-state index contributed by atoms with van der Waals surface area (Å²) in [7, 11) is 0. The Morgan fingerprint density at radius 3 is 1.29 bits per heavy atom. The van der Waals surface area contributed by atoms with Crippen LogP contribution in [0, 0.1) is 38.2 Å². The number of hydrogen-bond donors (Lipinski definition) is 0. The van der Waals surface area contributed by atoms with Gasteiger partial charge in [-0.15, -0.1) is 0 Å². The van der Waals surface area contributed by atoms with E-state index in [0.717, 1.165) is 0 Å². The molecule has 0 fully saturated rings. The molecule has 0 bridgehead atoms. The normalized spacial score (nSPS) is 11.2. The topological polar surface area (TPSA) is 0 Å². The Hall–Kier alpha value is 5.35. The maximum Gasteiger partial charge on any atom is 1.00 e. The molecule has 1 radical (unpaired) electrons. The third kappa shape index (κ3) is 4.45. The van der Waals surface area contributed by atoms with Crippen LogP contribution < -0.4 is 18.9 Å². The van der Waals surface area contributed by atoms with Gasteiger partial charge in [0, 0.05) is 59.7 Å². The van der Waals surface area contributed by atoms with Crippen LogP contribution in [-0.4, -0.2) is 0 Å². The van der Waals surface area contributed by atoms with Gasteiger partial charge in [-0.3, -0.25) is 0 Å². The molecule has 0 amide bonds. The summed E-state index contributed by atoms with van der Waals surface area (Å²) in [6.45, 7) is 0. The van der Waals surface area contributed by atoms with Gasteiger partial charge in [0.1, 0.15) is 0 Å². The minimum absolute atomic E-state index is 0. The minimum Gasteiger partial charge on any atom is -0.0429 e. The van der Waals surface area contributed by atoms with Gasteiger partial charge in [-0.25, -0.2) is 0 Å². The van der Waals surface area contributed by atoms with Crippen LogP contribution in [0.5, 0.6) is 0 Å². The number of rotatable bonds is 0. The molecule has 0 saturated heterocycles. The molecule has 3 rings (SSSR count).